The van der Waals surface area contributed by atoms with Crippen LogP contribution in [0, 0.1) is 0 Å². The van der Waals surface area contributed by atoms with E-state index in [0.29, 0.717) is 11.5 Å². The van der Waals surface area contributed by atoms with Gasteiger partial charge >= 0.3 is 0 Å². The van der Waals surface area contributed by atoms with Gasteiger partial charge in [-0.1, -0.05) is 243 Å². The van der Waals surface area contributed by atoms with Crippen molar-refractivity contribution in [2.24, 2.45) is 0 Å². The van der Waals surface area contributed by atoms with Gasteiger partial charge in [0.05, 0.1) is 44.5 Å². The number of hydrogen-bond donors (Lipinski definition) is 0. The van der Waals surface area contributed by atoms with Crippen LogP contribution in [-0.2, 0) is 0 Å². The van der Waals surface area contributed by atoms with E-state index in [2.05, 4.69) is 428 Å². The number of rotatable bonds is 11. The second-order valence-electron chi connectivity index (χ2n) is 29.8. The predicted molar refractivity (Wildman–Crippen MR) is 471 cm³/mol. The Labute approximate surface area is 652 Å². The molecule has 0 saturated carbocycles. The normalized spacial score (nSPS) is 12.8. The van der Waals surface area contributed by atoms with Crippen LogP contribution in [0.4, 0.5) is 68.2 Å². The maximum atomic E-state index is 8.54. The lowest BCUT2D eigenvalue weighted by atomic mass is 9.31. The van der Waals surface area contributed by atoms with Crippen LogP contribution in [0.5, 0.6) is 23.0 Å². The van der Waals surface area contributed by atoms with E-state index in [4.69, 9.17) is 9.47 Å². The van der Waals surface area contributed by atoms with Crippen molar-refractivity contribution in [3.05, 3.63) is 394 Å². The molecule has 17 aromatic carbocycles. The number of nitrogens with zero attached hydrogens (tertiary/aromatic N) is 7. The standard InChI is InChI=1S/C102H65B2N7O2/c1-9-35-66(36-10-1)105(67-37-11-2-12-38-67)74-61-88-95-90(63-74)112-101-81(103(95)79-54-28-33-59-86(79)107(88)70-43-17-5-18-44-70)65-82-102(113-91-64-75(106(68-39-13-3-14-40-68)69-41-15-4-16-42-69)62-89-96(91)104(82)80-55-29-34-60-87(80)108(89)71-45-19-6-20-46-71)100(101)111-85-58-32-27-53-78(85)94-98-92(76-51-25-30-56-83(76)109(98)72-47-21-7-22-48-72)97-93(99(94)111)77-52-26-31-57-84(77)110(97)73-49-23-8-24-50-73/h1-65H. The van der Waals surface area contributed by atoms with Gasteiger partial charge < -0.3 is 42.8 Å². The van der Waals surface area contributed by atoms with Gasteiger partial charge in [0.25, 0.3) is 13.4 Å². The monoisotopic (exact) mass is 1440 g/mol. The third-order valence-corrected chi connectivity index (χ3v) is 23.7. The van der Waals surface area contributed by atoms with Crippen LogP contribution in [0.2, 0.25) is 0 Å². The number of benzene rings is 17. The zero-order valence-electron chi connectivity index (χ0n) is 61.1. The molecule has 113 heavy (non-hydrogen) atoms. The smallest absolute Gasteiger partial charge is 0.256 e. The van der Waals surface area contributed by atoms with Crippen molar-refractivity contribution in [2.75, 3.05) is 19.6 Å². The topological polar surface area (TPSA) is 46.2 Å². The van der Waals surface area contributed by atoms with Crippen LogP contribution in [0.3, 0.4) is 0 Å². The lowest BCUT2D eigenvalue weighted by Gasteiger charge is -2.43. The first-order chi connectivity index (χ1) is 56.2. The maximum absolute atomic E-state index is 8.54. The fraction of sp³-hybridized carbons (Fsp3) is 0. The van der Waals surface area contributed by atoms with E-state index in [1.807, 2.05) is 0 Å². The number of anilines is 12. The molecule has 0 N–H and O–H groups in total. The quantitative estimate of drug-likeness (QED) is 0.120. The Morgan fingerprint density at radius 1 is 0.230 bits per heavy atom. The summed E-state index contributed by atoms with van der Waals surface area (Å²) in [5.74, 6) is 2.89. The molecule has 20 aromatic rings. The van der Waals surface area contributed by atoms with E-state index >= 15 is 0 Å². The molecule has 0 amide bonds. The highest BCUT2D eigenvalue weighted by atomic mass is 16.5. The van der Waals surface area contributed by atoms with Gasteiger partial charge in [0.15, 0.2) is 11.5 Å². The van der Waals surface area contributed by atoms with Gasteiger partial charge in [0, 0.05) is 113 Å². The molecular weight excluding hydrogens is 1380 g/mol. The second kappa shape index (κ2) is 24.8. The van der Waals surface area contributed by atoms with Gasteiger partial charge in [-0.2, -0.15) is 0 Å². The average molecular weight is 1440 g/mol. The molecule has 0 saturated heterocycles. The minimum atomic E-state index is -0.381. The van der Waals surface area contributed by atoms with Crippen molar-refractivity contribution in [3.63, 3.8) is 0 Å². The van der Waals surface area contributed by atoms with Crippen molar-refractivity contribution in [3.8, 4) is 40.1 Å². The molecular formula is C102H65B2N7O2. The number of ether oxygens (including phenoxy) is 2. The zero-order chi connectivity index (χ0) is 73.9. The van der Waals surface area contributed by atoms with Gasteiger partial charge in [0.1, 0.15) is 17.2 Å². The summed E-state index contributed by atoms with van der Waals surface area (Å²) in [6.07, 6.45) is 0. The lowest BCUT2D eigenvalue weighted by Crippen LogP contribution is -2.63. The first-order valence-corrected chi connectivity index (χ1v) is 38.8. The fourth-order valence-electron chi connectivity index (χ4n) is 19.4. The summed E-state index contributed by atoms with van der Waals surface area (Å²) in [4.78, 5) is 9.67. The molecule has 0 radical (unpaired) electrons. The lowest BCUT2D eigenvalue weighted by molar-refractivity contribution is 0.462. The summed E-state index contributed by atoms with van der Waals surface area (Å²) in [6.45, 7) is -0.762. The number of fused-ring (bicyclic) bond motifs is 20. The van der Waals surface area contributed by atoms with Gasteiger partial charge in [-0.25, -0.2) is 0 Å². The first kappa shape index (κ1) is 63.0. The zero-order valence-corrected chi connectivity index (χ0v) is 61.1. The molecule has 0 bridgehead atoms. The van der Waals surface area contributed by atoms with E-state index < -0.39 is 0 Å². The third-order valence-electron chi connectivity index (χ3n) is 23.7. The van der Waals surface area contributed by atoms with Crippen LogP contribution in [-0.4, -0.2) is 27.1 Å². The molecule has 3 aromatic heterocycles. The molecule has 0 spiro atoms. The molecule has 0 atom stereocenters. The van der Waals surface area contributed by atoms with Crippen LogP contribution >= 0.6 is 0 Å². The largest absolute Gasteiger partial charge is 0.456 e. The average Bonchev–Trinajstić information content (AvgIpc) is 1.53. The van der Waals surface area contributed by atoms with E-state index in [0.717, 1.165) is 195 Å². The van der Waals surface area contributed by atoms with Crippen LogP contribution in [0.15, 0.2) is 394 Å². The molecule has 9 nitrogen and oxygen atoms in total. The summed E-state index contributed by atoms with van der Waals surface area (Å²) >= 11 is 0. The molecule has 24 rings (SSSR count). The number of hydrogen-bond acceptors (Lipinski definition) is 6. The molecule has 11 heteroatoms. The first-order valence-electron chi connectivity index (χ1n) is 38.8. The summed E-state index contributed by atoms with van der Waals surface area (Å²) in [7, 11) is 0. The van der Waals surface area contributed by atoms with E-state index in [1.54, 1.807) is 0 Å². The molecule has 526 valence electrons. The third kappa shape index (κ3) is 9.24. The Hall–Kier alpha value is -14.9. The summed E-state index contributed by atoms with van der Waals surface area (Å²) < 4.78 is 24.7. The van der Waals surface area contributed by atoms with Crippen molar-refractivity contribution in [2.45, 2.75) is 0 Å². The van der Waals surface area contributed by atoms with Gasteiger partial charge in [0.2, 0.25) is 0 Å². The molecule has 0 fully saturated rings. The van der Waals surface area contributed by atoms with Crippen molar-refractivity contribution >= 4 is 180 Å². The molecule has 0 unspecified atom stereocenters. The highest BCUT2D eigenvalue weighted by Gasteiger charge is 2.50. The maximum Gasteiger partial charge on any atom is 0.256 e. The minimum Gasteiger partial charge on any atom is -0.456 e. The van der Waals surface area contributed by atoms with E-state index in [1.165, 1.54) is 0 Å². The Kier molecular flexibility index (Phi) is 13.8. The molecule has 4 aliphatic heterocycles. The van der Waals surface area contributed by atoms with E-state index in [-0.39, 0.29) is 13.4 Å². The summed E-state index contributed by atoms with van der Waals surface area (Å²) in [5, 5.41) is 6.74. The summed E-state index contributed by atoms with van der Waals surface area (Å²) in [6, 6.07) is 144. The van der Waals surface area contributed by atoms with Crippen LogP contribution in [0.1, 0.15) is 0 Å². The number of aromatic nitrogens is 3. The Bertz CT molecular complexity index is 6860. The van der Waals surface area contributed by atoms with E-state index in [9.17, 15) is 0 Å². The number of para-hydroxylation sites is 13. The van der Waals surface area contributed by atoms with Crippen molar-refractivity contribution in [1.82, 2.24) is 13.7 Å². The van der Waals surface area contributed by atoms with Gasteiger partial charge in [-0.3, -0.25) is 0 Å². The molecule has 0 aliphatic carbocycles. The Morgan fingerprint density at radius 3 is 0.885 bits per heavy atom. The highest BCUT2D eigenvalue weighted by molar-refractivity contribution is 7.02. The SMILES string of the molecule is c1ccc(N(c2ccccc2)c2cc3c4c(c2)N(c2ccccc2)c2ccccc2B4c2cc4c(c(-n5c6ccccc6c6c7c(c8ccccc8n7-c7ccccc7)c7c(c8ccccc8n7-c7ccccc7)c65)c2O3)Oc2cc(N(c3ccccc3)c3ccccc3)cc3c2B4c2ccccc2N3c2ccccc2)cc1. The van der Waals surface area contributed by atoms with Gasteiger partial charge in [-0.05, 0) is 172 Å². The summed E-state index contributed by atoms with van der Waals surface area (Å²) in [5.41, 5.74) is 28.1. The van der Waals surface area contributed by atoms with Crippen LogP contribution < -0.4 is 61.9 Å². The van der Waals surface area contributed by atoms with Crippen LogP contribution in [0.25, 0.3) is 82.5 Å². The molecule has 7 heterocycles. The van der Waals surface area contributed by atoms with Crippen molar-refractivity contribution < 1.29 is 9.47 Å². The minimum absolute atomic E-state index is 0.381. The van der Waals surface area contributed by atoms with Crippen molar-refractivity contribution in [1.29, 1.82) is 0 Å². The predicted octanol–water partition coefficient (Wildman–Crippen LogP) is 22.7. The second-order valence-corrected chi connectivity index (χ2v) is 29.8. The fourth-order valence-corrected chi connectivity index (χ4v) is 19.4. The Morgan fingerprint density at radius 2 is 0.522 bits per heavy atom. The van der Waals surface area contributed by atoms with Gasteiger partial charge in [-0.15, -0.1) is 0 Å². The highest BCUT2D eigenvalue weighted by Crippen LogP contribution is 2.56. The molecule has 4 aliphatic rings. The Balaban J connectivity index is 0.904.